The Labute approximate surface area is 106 Å². The first-order valence-corrected chi connectivity index (χ1v) is 6.87. The molecule has 1 unspecified atom stereocenters. The number of aromatic nitrogens is 2. The maximum Gasteiger partial charge on any atom is 0.134 e. The summed E-state index contributed by atoms with van der Waals surface area (Å²) >= 11 is 1.40. The number of rotatable bonds is 4. The summed E-state index contributed by atoms with van der Waals surface area (Å²) in [5, 5.41) is 17.9. The quantitative estimate of drug-likeness (QED) is 0.847. The first kappa shape index (κ1) is 12.7. The Bertz CT molecular complexity index is 347. The number of aliphatic hydroxyl groups excluding tert-OH is 1. The van der Waals surface area contributed by atoms with Gasteiger partial charge in [0.15, 0.2) is 0 Å². The van der Waals surface area contributed by atoms with Crippen molar-refractivity contribution in [1.82, 2.24) is 14.5 Å². The molecule has 0 bridgehead atoms. The molecule has 2 rings (SSSR count). The molecule has 17 heavy (non-hydrogen) atoms. The van der Waals surface area contributed by atoms with Crippen molar-refractivity contribution in [3.05, 3.63) is 5.69 Å². The number of anilines is 1. The first-order valence-electron chi connectivity index (χ1n) is 6.10. The van der Waals surface area contributed by atoms with Gasteiger partial charge in [0.25, 0.3) is 0 Å². The lowest BCUT2D eigenvalue weighted by Gasteiger charge is -2.32. The van der Waals surface area contributed by atoms with Gasteiger partial charge < -0.3 is 10.4 Å². The van der Waals surface area contributed by atoms with Crippen LogP contribution in [0.15, 0.2) is 0 Å². The lowest BCUT2D eigenvalue weighted by Crippen LogP contribution is -2.36. The Morgan fingerprint density at radius 3 is 2.82 bits per heavy atom. The fourth-order valence-electron chi connectivity index (χ4n) is 2.31. The van der Waals surface area contributed by atoms with Crippen LogP contribution in [0.25, 0.3) is 0 Å². The fraction of sp³-hybridized carbons (Fsp3) is 0.818. The number of aliphatic hydroxyl groups is 1. The van der Waals surface area contributed by atoms with Gasteiger partial charge in [0.2, 0.25) is 0 Å². The second kappa shape index (κ2) is 5.75. The Morgan fingerprint density at radius 1 is 1.53 bits per heavy atom. The van der Waals surface area contributed by atoms with Gasteiger partial charge in [0.05, 0.1) is 6.10 Å². The molecule has 1 fully saturated rings. The Balaban J connectivity index is 1.86. The molecule has 6 heteroatoms. The highest BCUT2D eigenvalue weighted by Crippen LogP contribution is 2.24. The van der Waals surface area contributed by atoms with E-state index in [2.05, 4.69) is 19.8 Å². The minimum atomic E-state index is -0.175. The number of nitrogens with one attached hydrogen (secondary N) is 1. The molecule has 0 aliphatic carbocycles. The number of hydrogen-bond donors (Lipinski definition) is 2. The summed E-state index contributed by atoms with van der Waals surface area (Å²) in [5.74, 6) is 0.462. The molecule has 2 N–H and O–H groups in total. The van der Waals surface area contributed by atoms with Gasteiger partial charge in [-0.2, -0.15) is 0 Å². The van der Waals surface area contributed by atoms with Crippen molar-refractivity contribution in [2.24, 2.45) is 5.92 Å². The van der Waals surface area contributed by atoms with E-state index in [9.17, 15) is 5.11 Å². The van der Waals surface area contributed by atoms with E-state index in [-0.39, 0.29) is 6.10 Å². The van der Waals surface area contributed by atoms with Gasteiger partial charge in [-0.15, -0.1) is 5.10 Å². The lowest BCUT2D eigenvalue weighted by atomic mass is 9.92. The molecule has 2 heterocycles. The van der Waals surface area contributed by atoms with E-state index in [1.54, 1.807) is 0 Å². The van der Waals surface area contributed by atoms with E-state index < -0.39 is 0 Å². The zero-order chi connectivity index (χ0) is 12.3. The predicted molar refractivity (Wildman–Crippen MR) is 69.1 cm³/mol. The van der Waals surface area contributed by atoms with Crippen LogP contribution in [-0.2, 0) is 6.54 Å². The van der Waals surface area contributed by atoms with Crippen LogP contribution in [0.5, 0.6) is 0 Å². The summed E-state index contributed by atoms with van der Waals surface area (Å²) in [6.45, 7) is 4.83. The fourth-order valence-corrected chi connectivity index (χ4v) is 2.83. The monoisotopic (exact) mass is 256 g/mol. The van der Waals surface area contributed by atoms with E-state index in [1.807, 2.05) is 14.0 Å². The molecule has 0 radical (unpaired) electrons. The smallest absolute Gasteiger partial charge is 0.134 e. The maximum atomic E-state index is 9.55. The number of hydrogen-bond acceptors (Lipinski definition) is 6. The van der Waals surface area contributed by atoms with Crippen molar-refractivity contribution in [2.45, 2.75) is 32.4 Å². The highest BCUT2D eigenvalue weighted by molar-refractivity contribution is 7.10. The topological polar surface area (TPSA) is 61.3 Å². The maximum absolute atomic E-state index is 9.55. The second-order valence-electron chi connectivity index (χ2n) is 4.65. The summed E-state index contributed by atoms with van der Waals surface area (Å²) in [6.07, 6.45) is 1.97. The molecule has 1 aromatic heterocycles. The summed E-state index contributed by atoms with van der Waals surface area (Å²) in [5.41, 5.74) is 1.04. The normalized spacial score (nSPS) is 20.4. The minimum Gasteiger partial charge on any atom is -0.393 e. The van der Waals surface area contributed by atoms with Crippen molar-refractivity contribution in [2.75, 3.05) is 25.5 Å². The van der Waals surface area contributed by atoms with Gasteiger partial charge in [-0.25, -0.2) is 0 Å². The Hall–Kier alpha value is -0.720. The van der Waals surface area contributed by atoms with Crippen molar-refractivity contribution in [3.63, 3.8) is 0 Å². The minimum absolute atomic E-state index is 0.175. The summed E-state index contributed by atoms with van der Waals surface area (Å²) in [7, 11) is 1.90. The van der Waals surface area contributed by atoms with Crippen molar-refractivity contribution in [3.8, 4) is 0 Å². The van der Waals surface area contributed by atoms with E-state index >= 15 is 0 Å². The van der Waals surface area contributed by atoms with E-state index in [0.29, 0.717) is 5.92 Å². The molecule has 1 aromatic rings. The standard InChI is InChI=1S/C11H20N4OS/c1-8(16)9-3-5-15(6-4-9)7-10-11(12-2)17-14-13-10/h8-9,12,16H,3-7H2,1-2H3. The zero-order valence-electron chi connectivity index (χ0n) is 10.4. The van der Waals surface area contributed by atoms with Crippen molar-refractivity contribution < 1.29 is 5.11 Å². The number of nitrogens with zero attached hydrogens (tertiary/aromatic N) is 3. The molecule has 96 valence electrons. The molecule has 1 aliphatic rings. The van der Waals surface area contributed by atoms with Gasteiger partial charge in [0.1, 0.15) is 10.7 Å². The molecule has 5 nitrogen and oxygen atoms in total. The highest BCUT2D eigenvalue weighted by Gasteiger charge is 2.23. The molecular weight excluding hydrogens is 236 g/mol. The lowest BCUT2D eigenvalue weighted by molar-refractivity contribution is 0.0692. The third-order valence-corrected chi connectivity index (χ3v) is 4.26. The van der Waals surface area contributed by atoms with Gasteiger partial charge >= 0.3 is 0 Å². The largest absolute Gasteiger partial charge is 0.393 e. The third-order valence-electron chi connectivity index (χ3n) is 3.47. The van der Waals surface area contributed by atoms with Crippen LogP contribution in [0.4, 0.5) is 5.00 Å². The Kier molecular flexibility index (Phi) is 4.31. The predicted octanol–water partition coefficient (Wildman–Crippen LogP) is 1.17. The van der Waals surface area contributed by atoms with E-state index in [4.69, 9.17) is 0 Å². The van der Waals surface area contributed by atoms with Crippen LogP contribution in [0, 0.1) is 5.92 Å². The van der Waals surface area contributed by atoms with Crippen LogP contribution < -0.4 is 5.32 Å². The molecule has 0 spiro atoms. The van der Waals surface area contributed by atoms with Gasteiger partial charge in [-0.3, -0.25) is 4.90 Å². The van der Waals surface area contributed by atoms with Crippen LogP contribution in [0.2, 0.25) is 0 Å². The molecular formula is C11H20N4OS. The van der Waals surface area contributed by atoms with Gasteiger partial charge in [-0.05, 0) is 38.8 Å². The average molecular weight is 256 g/mol. The Morgan fingerprint density at radius 2 is 2.24 bits per heavy atom. The van der Waals surface area contributed by atoms with Gasteiger partial charge in [0, 0.05) is 25.1 Å². The highest BCUT2D eigenvalue weighted by atomic mass is 32.1. The molecule has 0 saturated carbocycles. The van der Waals surface area contributed by atoms with Crippen LogP contribution in [0.3, 0.4) is 0 Å². The van der Waals surface area contributed by atoms with Crippen molar-refractivity contribution in [1.29, 1.82) is 0 Å². The first-order chi connectivity index (χ1) is 8.20. The van der Waals surface area contributed by atoms with E-state index in [1.165, 1.54) is 11.5 Å². The molecule has 0 aromatic carbocycles. The second-order valence-corrected chi connectivity index (χ2v) is 5.41. The summed E-state index contributed by atoms with van der Waals surface area (Å²) < 4.78 is 3.96. The zero-order valence-corrected chi connectivity index (χ0v) is 11.2. The van der Waals surface area contributed by atoms with Crippen molar-refractivity contribution >= 4 is 16.5 Å². The average Bonchev–Trinajstić information content (AvgIpc) is 2.77. The molecule has 1 saturated heterocycles. The molecule has 1 atom stereocenters. The van der Waals surface area contributed by atoms with E-state index in [0.717, 1.165) is 43.2 Å². The van der Waals surface area contributed by atoms with Crippen LogP contribution >= 0.6 is 11.5 Å². The summed E-state index contributed by atoms with van der Waals surface area (Å²) in [4.78, 5) is 2.39. The third kappa shape index (κ3) is 3.14. The van der Waals surface area contributed by atoms with Crippen LogP contribution in [-0.4, -0.2) is 45.8 Å². The molecule has 0 amide bonds. The SMILES string of the molecule is CNc1snnc1CN1CCC(C(C)O)CC1. The van der Waals surface area contributed by atoms with Gasteiger partial charge in [-0.1, -0.05) is 4.49 Å². The summed E-state index contributed by atoms with van der Waals surface area (Å²) in [6, 6.07) is 0. The van der Waals surface area contributed by atoms with Crippen LogP contribution in [0.1, 0.15) is 25.5 Å². The number of likely N-dealkylation sites (tertiary alicyclic amines) is 1. The number of piperidine rings is 1. The molecule has 1 aliphatic heterocycles.